The van der Waals surface area contributed by atoms with Crippen molar-refractivity contribution in [2.24, 2.45) is 0 Å². The van der Waals surface area contributed by atoms with Gasteiger partial charge in [-0.05, 0) is 49.2 Å². The van der Waals surface area contributed by atoms with E-state index in [1.165, 1.54) is 24.3 Å². The Bertz CT molecular complexity index is 655. The van der Waals surface area contributed by atoms with Crippen LogP contribution in [0.1, 0.15) is 24.2 Å². The van der Waals surface area contributed by atoms with E-state index in [0.717, 1.165) is 23.4 Å². The van der Waals surface area contributed by atoms with Crippen molar-refractivity contribution in [2.75, 3.05) is 11.4 Å². The van der Waals surface area contributed by atoms with E-state index in [9.17, 15) is 13.9 Å². The lowest BCUT2D eigenvalue weighted by molar-refractivity contribution is 0.199. The Morgan fingerprint density at radius 2 is 1.75 bits per heavy atom. The summed E-state index contributed by atoms with van der Waals surface area (Å²) in [5.41, 5.74) is 3.10. The predicted molar refractivity (Wildman–Crippen MR) is 74.1 cm³/mol. The molecule has 0 aromatic heterocycles. The first-order chi connectivity index (χ1) is 9.56. The van der Waals surface area contributed by atoms with Gasteiger partial charge in [-0.15, -0.1) is 0 Å². The molecule has 104 valence electrons. The zero-order valence-electron chi connectivity index (χ0n) is 11.1. The third-order valence-electron chi connectivity index (χ3n) is 3.67. The second-order valence-corrected chi connectivity index (χ2v) is 5.05. The van der Waals surface area contributed by atoms with Gasteiger partial charge in [-0.3, -0.25) is 0 Å². The maximum atomic E-state index is 13.4. The summed E-state index contributed by atoms with van der Waals surface area (Å²) in [6.07, 6.45) is 0.0324. The van der Waals surface area contributed by atoms with Crippen molar-refractivity contribution in [1.29, 1.82) is 0 Å². The van der Waals surface area contributed by atoms with Crippen LogP contribution in [0.5, 0.6) is 0 Å². The normalized spacial score (nSPS) is 15.3. The van der Waals surface area contributed by atoms with Gasteiger partial charge in [0, 0.05) is 23.5 Å². The highest BCUT2D eigenvalue weighted by Gasteiger charge is 2.24. The van der Waals surface area contributed by atoms with Crippen LogP contribution >= 0.6 is 0 Å². The molecular weight excluding hydrogens is 260 g/mol. The lowest BCUT2D eigenvalue weighted by Gasteiger charge is -2.24. The molecule has 0 unspecified atom stereocenters. The minimum absolute atomic E-state index is 0.295. The van der Waals surface area contributed by atoms with Gasteiger partial charge < -0.3 is 10.0 Å². The Labute approximate surface area is 116 Å². The van der Waals surface area contributed by atoms with Crippen LogP contribution in [0.3, 0.4) is 0 Å². The van der Waals surface area contributed by atoms with E-state index in [1.807, 2.05) is 4.90 Å². The molecule has 0 bridgehead atoms. The summed E-state index contributed by atoms with van der Waals surface area (Å²) in [4.78, 5) is 1.93. The summed E-state index contributed by atoms with van der Waals surface area (Å²) in [5, 5.41) is 9.82. The van der Waals surface area contributed by atoms with Gasteiger partial charge in [-0.1, -0.05) is 6.07 Å². The molecule has 0 fully saturated rings. The second-order valence-electron chi connectivity index (χ2n) is 5.05. The van der Waals surface area contributed by atoms with Crippen LogP contribution in [-0.4, -0.2) is 11.7 Å². The van der Waals surface area contributed by atoms with Gasteiger partial charge in [-0.25, -0.2) is 8.78 Å². The number of hydrogen-bond donors (Lipinski definition) is 1. The Kier molecular flexibility index (Phi) is 3.18. The van der Waals surface area contributed by atoms with Crippen LogP contribution in [0, 0.1) is 11.6 Å². The maximum absolute atomic E-state index is 13.4. The van der Waals surface area contributed by atoms with Crippen LogP contribution in [0.4, 0.5) is 20.2 Å². The Balaban J connectivity index is 2.10. The summed E-state index contributed by atoms with van der Waals surface area (Å²) >= 11 is 0. The van der Waals surface area contributed by atoms with Crippen LogP contribution in [0.15, 0.2) is 36.4 Å². The van der Waals surface area contributed by atoms with Crippen molar-refractivity contribution in [3.63, 3.8) is 0 Å². The molecule has 0 saturated heterocycles. The van der Waals surface area contributed by atoms with Gasteiger partial charge in [0.1, 0.15) is 11.6 Å². The molecule has 1 aliphatic rings. The Hall–Kier alpha value is -1.94. The number of hydrogen-bond acceptors (Lipinski definition) is 2. The van der Waals surface area contributed by atoms with E-state index in [4.69, 9.17) is 0 Å². The molecule has 1 heterocycles. The van der Waals surface area contributed by atoms with Crippen molar-refractivity contribution in [2.45, 2.75) is 19.4 Å². The van der Waals surface area contributed by atoms with E-state index in [0.29, 0.717) is 12.1 Å². The average Bonchev–Trinajstić information content (AvgIpc) is 2.81. The van der Waals surface area contributed by atoms with Crippen LogP contribution < -0.4 is 4.90 Å². The summed E-state index contributed by atoms with van der Waals surface area (Å²) in [6, 6.07) is 9.03. The maximum Gasteiger partial charge on any atom is 0.125 e. The van der Waals surface area contributed by atoms with Gasteiger partial charge in [0.15, 0.2) is 0 Å². The molecule has 0 amide bonds. The summed E-state index contributed by atoms with van der Waals surface area (Å²) in [6.45, 7) is 2.30. The largest absolute Gasteiger partial charge is 0.389 e. The zero-order chi connectivity index (χ0) is 14.3. The Morgan fingerprint density at radius 1 is 1.05 bits per heavy atom. The van der Waals surface area contributed by atoms with Crippen molar-refractivity contribution < 1.29 is 13.9 Å². The lowest BCUT2D eigenvalue weighted by atomic mass is 10.1. The molecule has 0 saturated carbocycles. The summed E-state index contributed by atoms with van der Waals surface area (Å²) in [7, 11) is 0. The highest BCUT2D eigenvalue weighted by Crippen LogP contribution is 2.38. The monoisotopic (exact) mass is 275 g/mol. The smallest absolute Gasteiger partial charge is 0.125 e. The van der Waals surface area contributed by atoms with E-state index >= 15 is 0 Å². The third kappa shape index (κ3) is 2.16. The number of aliphatic hydroxyl groups excluding tert-OH is 1. The quantitative estimate of drug-likeness (QED) is 0.903. The number of fused-ring (bicyclic) bond motifs is 1. The summed E-state index contributed by atoms with van der Waals surface area (Å²) < 4.78 is 26.8. The number of aliphatic hydroxyl groups is 1. The highest BCUT2D eigenvalue weighted by atomic mass is 19.1. The van der Waals surface area contributed by atoms with Crippen LogP contribution in [0.25, 0.3) is 0 Å². The number of halogens is 2. The Morgan fingerprint density at radius 3 is 2.50 bits per heavy atom. The van der Waals surface area contributed by atoms with E-state index in [-0.39, 0.29) is 11.6 Å². The van der Waals surface area contributed by atoms with Crippen molar-refractivity contribution in [1.82, 2.24) is 0 Å². The fourth-order valence-corrected chi connectivity index (χ4v) is 2.71. The van der Waals surface area contributed by atoms with E-state index < -0.39 is 6.10 Å². The number of anilines is 2. The SMILES string of the molecule is C[C@H](O)c1cc(F)ccc1N1CCc2ccc(F)cc21. The van der Waals surface area contributed by atoms with Crippen molar-refractivity contribution in [3.8, 4) is 0 Å². The number of nitrogens with zero attached hydrogens (tertiary/aromatic N) is 1. The van der Waals surface area contributed by atoms with Gasteiger partial charge in [0.25, 0.3) is 0 Å². The van der Waals surface area contributed by atoms with Gasteiger partial charge in [-0.2, -0.15) is 0 Å². The minimum Gasteiger partial charge on any atom is -0.389 e. The minimum atomic E-state index is -0.779. The third-order valence-corrected chi connectivity index (χ3v) is 3.67. The molecular formula is C16H15F2NO. The second kappa shape index (κ2) is 4.87. The van der Waals surface area contributed by atoms with Crippen molar-refractivity contribution in [3.05, 3.63) is 59.2 Å². The predicted octanol–water partition coefficient (Wildman–Crippen LogP) is 3.71. The van der Waals surface area contributed by atoms with Gasteiger partial charge >= 0.3 is 0 Å². The molecule has 4 heteroatoms. The average molecular weight is 275 g/mol. The molecule has 2 nitrogen and oxygen atoms in total. The molecule has 2 aromatic carbocycles. The van der Waals surface area contributed by atoms with E-state index in [1.54, 1.807) is 19.1 Å². The fraction of sp³-hybridized carbons (Fsp3) is 0.250. The molecule has 0 spiro atoms. The van der Waals surface area contributed by atoms with Crippen molar-refractivity contribution >= 4 is 11.4 Å². The first-order valence-corrected chi connectivity index (χ1v) is 6.60. The number of rotatable bonds is 2. The molecule has 20 heavy (non-hydrogen) atoms. The van der Waals surface area contributed by atoms with Crippen LogP contribution in [0.2, 0.25) is 0 Å². The molecule has 1 atom stereocenters. The summed E-state index contributed by atoms with van der Waals surface area (Å²) in [5.74, 6) is -0.681. The van der Waals surface area contributed by atoms with Crippen LogP contribution in [-0.2, 0) is 6.42 Å². The topological polar surface area (TPSA) is 23.5 Å². The lowest BCUT2D eigenvalue weighted by Crippen LogP contribution is -2.16. The highest BCUT2D eigenvalue weighted by molar-refractivity contribution is 5.72. The van der Waals surface area contributed by atoms with Gasteiger partial charge in [0.2, 0.25) is 0 Å². The first-order valence-electron chi connectivity index (χ1n) is 6.60. The molecule has 2 aromatic rings. The van der Waals surface area contributed by atoms with E-state index in [2.05, 4.69) is 0 Å². The zero-order valence-corrected chi connectivity index (χ0v) is 11.1. The molecule has 1 N–H and O–H groups in total. The fourth-order valence-electron chi connectivity index (χ4n) is 2.71. The molecule has 1 aliphatic heterocycles. The molecule has 0 radical (unpaired) electrons. The standard InChI is InChI=1S/C16H15F2NO/c1-10(20)14-8-12(17)4-5-15(14)19-7-6-11-2-3-13(18)9-16(11)19/h2-5,8-10,20H,6-7H2,1H3/t10-/m0/s1. The number of benzene rings is 2. The molecule has 0 aliphatic carbocycles. The van der Waals surface area contributed by atoms with Gasteiger partial charge in [0.05, 0.1) is 6.10 Å². The first kappa shape index (κ1) is 13.1. The molecule has 3 rings (SSSR count).